The fraction of sp³-hybridized carbons (Fsp3) is 0.263. The molecule has 1 saturated heterocycles. The normalized spacial score (nSPS) is 15.0. The molecule has 1 aliphatic heterocycles. The van der Waals surface area contributed by atoms with E-state index < -0.39 is 6.10 Å². The molecular weight excluding hydrogens is 375 g/mol. The number of nitrogens with one attached hydrogen (secondary N) is 1. The second-order valence-electron chi connectivity index (χ2n) is 6.02. The van der Waals surface area contributed by atoms with Crippen molar-refractivity contribution >= 4 is 46.4 Å². The van der Waals surface area contributed by atoms with E-state index in [2.05, 4.69) is 5.32 Å². The van der Waals surface area contributed by atoms with Crippen LogP contribution in [0.2, 0.25) is 10.0 Å². The topological polar surface area (TPSA) is 58.6 Å². The molecular formula is C19H18Cl2N2O3. The number of carbonyl (C=O) groups is 2. The Morgan fingerprint density at radius 3 is 2.77 bits per heavy atom. The molecule has 1 atom stereocenters. The summed E-state index contributed by atoms with van der Waals surface area (Å²) in [4.78, 5) is 26.0. The Balaban J connectivity index is 1.67. The number of hydrogen-bond donors (Lipinski definition) is 1. The molecule has 1 N–H and O–H groups in total. The lowest BCUT2D eigenvalue weighted by Crippen LogP contribution is -2.30. The van der Waals surface area contributed by atoms with Crippen molar-refractivity contribution in [2.45, 2.75) is 25.9 Å². The van der Waals surface area contributed by atoms with E-state index in [-0.39, 0.29) is 11.8 Å². The number of benzene rings is 2. The number of anilines is 2. The molecule has 136 valence electrons. The molecule has 3 rings (SSSR count). The Morgan fingerprint density at radius 1 is 1.23 bits per heavy atom. The van der Waals surface area contributed by atoms with Gasteiger partial charge in [-0.1, -0.05) is 29.3 Å². The number of hydrogen-bond acceptors (Lipinski definition) is 3. The molecule has 5 nitrogen and oxygen atoms in total. The van der Waals surface area contributed by atoms with Crippen molar-refractivity contribution in [3.05, 3.63) is 52.5 Å². The molecule has 0 unspecified atom stereocenters. The maximum Gasteiger partial charge on any atom is 0.265 e. The minimum absolute atomic E-state index is 0.100. The van der Waals surface area contributed by atoms with Gasteiger partial charge in [-0.05, 0) is 43.7 Å². The number of ether oxygens (including phenoxy) is 1. The largest absolute Gasteiger partial charge is 0.481 e. The Kier molecular flexibility index (Phi) is 5.69. The maximum absolute atomic E-state index is 12.4. The molecule has 0 radical (unpaired) electrons. The highest BCUT2D eigenvalue weighted by atomic mass is 35.5. The summed E-state index contributed by atoms with van der Waals surface area (Å²) in [5.41, 5.74) is 1.20. The van der Waals surface area contributed by atoms with Gasteiger partial charge in [-0.15, -0.1) is 0 Å². The predicted octanol–water partition coefficient (Wildman–Crippen LogP) is 4.53. The van der Waals surface area contributed by atoms with Crippen LogP contribution in [0.5, 0.6) is 5.75 Å². The van der Waals surface area contributed by atoms with Gasteiger partial charge in [0.1, 0.15) is 5.75 Å². The van der Waals surface area contributed by atoms with Crippen molar-refractivity contribution in [3.63, 3.8) is 0 Å². The van der Waals surface area contributed by atoms with Crippen LogP contribution in [0.15, 0.2) is 42.5 Å². The molecule has 0 saturated carbocycles. The monoisotopic (exact) mass is 392 g/mol. The van der Waals surface area contributed by atoms with Crippen molar-refractivity contribution in [1.82, 2.24) is 0 Å². The first-order valence-corrected chi connectivity index (χ1v) is 9.02. The smallest absolute Gasteiger partial charge is 0.265 e. The Hall–Kier alpha value is -2.24. The quantitative estimate of drug-likeness (QED) is 0.812. The van der Waals surface area contributed by atoms with Crippen LogP contribution in [0.4, 0.5) is 11.4 Å². The molecule has 0 bridgehead atoms. The summed E-state index contributed by atoms with van der Waals surface area (Å²) in [7, 11) is 0. The second kappa shape index (κ2) is 7.98. The average Bonchev–Trinajstić information content (AvgIpc) is 3.04. The van der Waals surface area contributed by atoms with E-state index in [1.807, 2.05) is 6.07 Å². The third-order valence-corrected chi connectivity index (χ3v) is 4.64. The van der Waals surface area contributed by atoms with Gasteiger partial charge in [0.15, 0.2) is 6.10 Å². The van der Waals surface area contributed by atoms with E-state index in [0.717, 1.165) is 12.1 Å². The minimum Gasteiger partial charge on any atom is -0.481 e. The van der Waals surface area contributed by atoms with E-state index in [4.69, 9.17) is 27.9 Å². The van der Waals surface area contributed by atoms with Gasteiger partial charge >= 0.3 is 0 Å². The summed E-state index contributed by atoms with van der Waals surface area (Å²) < 4.78 is 5.73. The van der Waals surface area contributed by atoms with Crippen LogP contribution in [0.1, 0.15) is 19.8 Å². The fourth-order valence-electron chi connectivity index (χ4n) is 2.73. The third kappa shape index (κ3) is 4.29. The molecule has 2 aromatic rings. The van der Waals surface area contributed by atoms with E-state index >= 15 is 0 Å². The third-order valence-electron chi connectivity index (χ3n) is 4.07. The second-order valence-corrected chi connectivity index (χ2v) is 6.86. The summed E-state index contributed by atoms with van der Waals surface area (Å²) in [6, 6.07) is 12.0. The zero-order chi connectivity index (χ0) is 18.7. The van der Waals surface area contributed by atoms with Gasteiger partial charge in [0, 0.05) is 29.7 Å². The molecule has 0 aliphatic carbocycles. The standard InChI is InChI=1S/C19H18Cl2N2O3/c1-12(19(25)22-17-10-13(20)7-8-16(17)21)26-15-5-2-4-14(11-15)23-9-3-6-18(23)24/h2,4-5,7-8,10-12H,3,6,9H2,1H3,(H,22,25)/t12-/m1/s1. The summed E-state index contributed by atoms with van der Waals surface area (Å²) in [6.45, 7) is 2.34. The van der Waals surface area contributed by atoms with Gasteiger partial charge in [0.2, 0.25) is 5.91 Å². The first kappa shape index (κ1) is 18.5. The highest BCUT2D eigenvalue weighted by Crippen LogP contribution is 2.27. The summed E-state index contributed by atoms with van der Waals surface area (Å²) in [5, 5.41) is 3.57. The molecule has 0 aromatic heterocycles. The van der Waals surface area contributed by atoms with E-state index in [1.165, 1.54) is 0 Å². The van der Waals surface area contributed by atoms with Crippen molar-refractivity contribution in [3.8, 4) is 5.75 Å². The van der Waals surface area contributed by atoms with Gasteiger partial charge in [0.25, 0.3) is 5.91 Å². The van der Waals surface area contributed by atoms with Crippen LogP contribution in [-0.2, 0) is 9.59 Å². The molecule has 26 heavy (non-hydrogen) atoms. The van der Waals surface area contributed by atoms with Gasteiger partial charge in [-0.25, -0.2) is 0 Å². The van der Waals surface area contributed by atoms with Crippen molar-refractivity contribution < 1.29 is 14.3 Å². The molecule has 0 spiro atoms. The van der Waals surface area contributed by atoms with Crippen molar-refractivity contribution in [2.75, 3.05) is 16.8 Å². The Bertz CT molecular complexity index is 841. The van der Waals surface area contributed by atoms with Gasteiger partial charge in [0.05, 0.1) is 10.7 Å². The lowest BCUT2D eigenvalue weighted by atomic mass is 10.2. The molecule has 1 aliphatic rings. The number of nitrogens with zero attached hydrogens (tertiary/aromatic N) is 1. The highest BCUT2D eigenvalue weighted by Gasteiger charge is 2.22. The molecule has 1 fully saturated rings. The van der Waals surface area contributed by atoms with E-state index in [9.17, 15) is 9.59 Å². The van der Waals surface area contributed by atoms with Crippen LogP contribution < -0.4 is 15.0 Å². The van der Waals surface area contributed by atoms with Crippen LogP contribution in [-0.4, -0.2) is 24.5 Å². The zero-order valence-corrected chi connectivity index (χ0v) is 15.7. The average molecular weight is 393 g/mol. The van der Waals surface area contributed by atoms with Gasteiger partial charge in [-0.2, -0.15) is 0 Å². The lowest BCUT2D eigenvalue weighted by Gasteiger charge is -2.19. The lowest BCUT2D eigenvalue weighted by molar-refractivity contribution is -0.122. The first-order valence-electron chi connectivity index (χ1n) is 8.27. The SMILES string of the molecule is C[C@@H](Oc1cccc(N2CCCC2=O)c1)C(=O)Nc1cc(Cl)ccc1Cl. The minimum atomic E-state index is -0.755. The van der Waals surface area contributed by atoms with Crippen LogP contribution in [0.25, 0.3) is 0 Å². The Labute approximate surface area is 161 Å². The molecule has 2 amide bonds. The number of halogens is 2. The summed E-state index contributed by atoms with van der Waals surface area (Å²) in [6.07, 6.45) is 0.655. The number of rotatable bonds is 5. The summed E-state index contributed by atoms with van der Waals surface area (Å²) in [5.74, 6) is 0.266. The molecule has 2 aromatic carbocycles. The Morgan fingerprint density at radius 2 is 2.04 bits per heavy atom. The highest BCUT2D eigenvalue weighted by molar-refractivity contribution is 6.35. The molecule has 7 heteroatoms. The van der Waals surface area contributed by atoms with Crippen molar-refractivity contribution in [1.29, 1.82) is 0 Å². The number of amides is 2. The van der Waals surface area contributed by atoms with Crippen molar-refractivity contribution in [2.24, 2.45) is 0 Å². The van der Waals surface area contributed by atoms with E-state index in [1.54, 1.807) is 48.2 Å². The summed E-state index contributed by atoms with van der Waals surface area (Å²) >= 11 is 12.0. The van der Waals surface area contributed by atoms with Gasteiger partial charge in [-0.3, -0.25) is 9.59 Å². The van der Waals surface area contributed by atoms with Crippen LogP contribution >= 0.6 is 23.2 Å². The predicted molar refractivity (Wildman–Crippen MR) is 103 cm³/mol. The fourth-order valence-corrected chi connectivity index (χ4v) is 3.07. The number of carbonyl (C=O) groups excluding carboxylic acids is 2. The van der Waals surface area contributed by atoms with Gasteiger partial charge < -0.3 is 15.0 Å². The van der Waals surface area contributed by atoms with E-state index in [0.29, 0.717) is 34.4 Å². The van der Waals surface area contributed by atoms with Crippen LogP contribution in [0, 0.1) is 0 Å². The molecule has 1 heterocycles. The zero-order valence-electron chi connectivity index (χ0n) is 14.2. The maximum atomic E-state index is 12.4. The first-order chi connectivity index (χ1) is 12.4. The van der Waals surface area contributed by atoms with Crippen LogP contribution in [0.3, 0.4) is 0 Å².